The molecule has 2 aromatic rings. The van der Waals surface area contributed by atoms with Crippen molar-refractivity contribution in [3.8, 4) is 11.5 Å². The highest BCUT2D eigenvalue weighted by Gasteiger charge is 2.10. The van der Waals surface area contributed by atoms with Crippen LogP contribution >= 0.6 is 0 Å². The van der Waals surface area contributed by atoms with Crippen LogP contribution in [0.2, 0.25) is 0 Å². The molecule has 2 aromatic carbocycles. The summed E-state index contributed by atoms with van der Waals surface area (Å²) in [5.41, 5.74) is 1.17. The Morgan fingerprint density at radius 2 is 1.00 bits per heavy atom. The van der Waals surface area contributed by atoms with E-state index in [1.54, 1.807) is 76.7 Å². The van der Waals surface area contributed by atoms with Gasteiger partial charge in [-0.3, -0.25) is 9.59 Å². The van der Waals surface area contributed by atoms with Gasteiger partial charge >= 0.3 is 7.69 Å². The average Bonchev–Trinajstić information content (AvgIpc) is 2.61. The van der Waals surface area contributed by atoms with Crippen LogP contribution in [-0.4, -0.2) is 57.5 Å². The number of carbonyl (C=O) groups excluding carboxylic acids is 2. The van der Waals surface area contributed by atoms with E-state index >= 15 is 0 Å². The fourth-order valence-electron chi connectivity index (χ4n) is 2.00. The second-order valence-corrected chi connectivity index (χ2v) is 5.78. The topological polar surface area (TPSA) is 59.1 Å². The number of hydrogen-bond donors (Lipinski definition) is 0. The fourth-order valence-corrected chi connectivity index (χ4v) is 2.00. The molecule has 0 aliphatic heterocycles. The van der Waals surface area contributed by atoms with Crippen molar-refractivity contribution in [3.63, 3.8) is 0 Å². The third-order valence-electron chi connectivity index (χ3n) is 3.38. The highest BCUT2D eigenvalue weighted by Crippen LogP contribution is 2.15. The van der Waals surface area contributed by atoms with E-state index in [-0.39, 0.29) is 11.8 Å². The molecule has 0 bridgehead atoms. The molecule has 0 atom stereocenters. The van der Waals surface area contributed by atoms with Gasteiger partial charge in [-0.05, 0) is 48.5 Å². The smallest absolute Gasteiger partial charge is 0.526 e. The third-order valence-corrected chi connectivity index (χ3v) is 3.38. The third kappa shape index (κ3) is 5.01. The van der Waals surface area contributed by atoms with Gasteiger partial charge in [-0.1, -0.05) is 0 Å². The number of amides is 2. The van der Waals surface area contributed by atoms with Crippen molar-refractivity contribution >= 4 is 19.5 Å². The molecule has 129 valence electrons. The van der Waals surface area contributed by atoms with Crippen molar-refractivity contribution in [2.24, 2.45) is 0 Å². The van der Waals surface area contributed by atoms with Crippen LogP contribution in [0.1, 0.15) is 20.7 Å². The van der Waals surface area contributed by atoms with Gasteiger partial charge in [-0.2, -0.15) is 0 Å². The quantitative estimate of drug-likeness (QED) is 0.756. The molecule has 2 rings (SSSR count). The number of rotatable bonds is 6. The molecule has 0 N–H and O–H groups in total. The SMILES string of the molecule is CN(C)C(=O)c1ccc(O[B]Oc2ccc(C(=O)N(C)C)cc2)cc1. The van der Waals surface area contributed by atoms with Crippen molar-refractivity contribution in [2.75, 3.05) is 28.2 Å². The monoisotopic (exact) mass is 339 g/mol. The Morgan fingerprint density at radius 1 is 0.680 bits per heavy atom. The van der Waals surface area contributed by atoms with Crippen LogP contribution in [0.25, 0.3) is 0 Å². The number of hydrogen-bond acceptors (Lipinski definition) is 4. The number of nitrogens with zero attached hydrogens (tertiary/aromatic N) is 2. The summed E-state index contributed by atoms with van der Waals surface area (Å²) in [6, 6.07) is 13.5. The minimum Gasteiger partial charge on any atom is -0.526 e. The summed E-state index contributed by atoms with van der Waals surface area (Å²) in [6.45, 7) is 0. The molecule has 0 aliphatic rings. The lowest BCUT2D eigenvalue weighted by molar-refractivity contribution is 0.0820. The molecule has 0 saturated carbocycles. The maximum Gasteiger partial charge on any atom is 0.658 e. The molecular weight excluding hydrogens is 319 g/mol. The highest BCUT2D eigenvalue weighted by molar-refractivity contribution is 6.20. The maximum atomic E-state index is 11.8. The van der Waals surface area contributed by atoms with Crippen LogP contribution in [0.15, 0.2) is 48.5 Å². The van der Waals surface area contributed by atoms with E-state index in [4.69, 9.17) is 9.31 Å². The van der Waals surface area contributed by atoms with Gasteiger partial charge in [-0.25, -0.2) is 0 Å². The molecule has 0 spiro atoms. The van der Waals surface area contributed by atoms with Crippen LogP contribution in [0.4, 0.5) is 0 Å². The molecule has 0 heterocycles. The van der Waals surface area contributed by atoms with Gasteiger partial charge in [-0.15, -0.1) is 0 Å². The molecule has 0 aromatic heterocycles. The highest BCUT2D eigenvalue weighted by atomic mass is 16.6. The summed E-state index contributed by atoms with van der Waals surface area (Å²) in [4.78, 5) is 26.6. The zero-order valence-corrected chi connectivity index (χ0v) is 14.7. The summed E-state index contributed by atoms with van der Waals surface area (Å²) < 4.78 is 10.7. The second kappa shape index (κ2) is 8.23. The van der Waals surface area contributed by atoms with E-state index in [1.807, 2.05) is 0 Å². The van der Waals surface area contributed by atoms with E-state index in [0.29, 0.717) is 22.6 Å². The molecule has 0 aliphatic carbocycles. The lowest BCUT2D eigenvalue weighted by Crippen LogP contribution is -2.21. The van der Waals surface area contributed by atoms with Crippen molar-refractivity contribution in [1.29, 1.82) is 0 Å². The molecule has 0 unspecified atom stereocenters. The predicted octanol–water partition coefficient (Wildman–Crippen LogP) is 2.08. The maximum absolute atomic E-state index is 11.8. The largest absolute Gasteiger partial charge is 0.658 e. The zero-order chi connectivity index (χ0) is 18.4. The molecule has 6 nitrogen and oxygen atoms in total. The normalized spacial score (nSPS) is 9.92. The summed E-state index contributed by atoms with van der Waals surface area (Å²) >= 11 is 0. The first-order chi connectivity index (χ1) is 11.9. The van der Waals surface area contributed by atoms with Crippen molar-refractivity contribution < 1.29 is 18.9 Å². The predicted molar refractivity (Wildman–Crippen MR) is 95.9 cm³/mol. The van der Waals surface area contributed by atoms with E-state index in [9.17, 15) is 9.59 Å². The lowest BCUT2D eigenvalue weighted by atomic mass is 10.2. The van der Waals surface area contributed by atoms with Gasteiger partial charge in [0.05, 0.1) is 0 Å². The standard InChI is InChI=1S/C18H20BN2O4/c1-20(2)17(22)13-5-9-15(10-6-13)24-19-25-16-11-7-14(8-12-16)18(23)21(3)4/h5-12H,1-4H3. The van der Waals surface area contributed by atoms with E-state index < -0.39 is 0 Å². The average molecular weight is 339 g/mol. The van der Waals surface area contributed by atoms with E-state index in [2.05, 4.69) is 0 Å². The molecule has 7 heteroatoms. The molecule has 0 fully saturated rings. The van der Waals surface area contributed by atoms with Gasteiger partial charge in [0, 0.05) is 39.3 Å². The minimum atomic E-state index is -0.0702. The lowest BCUT2D eigenvalue weighted by Gasteiger charge is -2.12. The Bertz CT molecular complexity index is 664. The van der Waals surface area contributed by atoms with Crippen molar-refractivity contribution in [2.45, 2.75) is 0 Å². The van der Waals surface area contributed by atoms with Gasteiger partial charge in [0.15, 0.2) is 0 Å². The second-order valence-electron chi connectivity index (χ2n) is 5.78. The molecule has 2 amide bonds. The molecule has 1 radical (unpaired) electrons. The Kier molecular flexibility index (Phi) is 6.06. The van der Waals surface area contributed by atoms with Crippen LogP contribution in [-0.2, 0) is 0 Å². The first-order valence-corrected chi connectivity index (χ1v) is 7.67. The summed E-state index contributed by atoms with van der Waals surface area (Å²) in [7, 11) is 8.00. The summed E-state index contributed by atoms with van der Waals surface area (Å²) in [6.07, 6.45) is 0. The van der Waals surface area contributed by atoms with Crippen molar-refractivity contribution in [3.05, 3.63) is 59.7 Å². The summed E-state index contributed by atoms with van der Waals surface area (Å²) in [5.74, 6) is 0.961. The van der Waals surface area contributed by atoms with Crippen LogP contribution < -0.4 is 9.31 Å². The summed E-state index contributed by atoms with van der Waals surface area (Å²) in [5, 5.41) is 0. The van der Waals surface area contributed by atoms with Crippen molar-refractivity contribution in [1.82, 2.24) is 9.80 Å². The van der Waals surface area contributed by atoms with Gasteiger partial charge in [0.25, 0.3) is 11.8 Å². The minimum absolute atomic E-state index is 0.0702. The molecule has 0 saturated heterocycles. The first-order valence-electron chi connectivity index (χ1n) is 7.67. The molecular formula is C18H20BN2O4. The zero-order valence-electron chi connectivity index (χ0n) is 14.7. The van der Waals surface area contributed by atoms with Crippen LogP contribution in [0.5, 0.6) is 11.5 Å². The Hall–Kier alpha value is -2.96. The first kappa shape index (κ1) is 18.4. The fraction of sp³-hybridized carbons (Fsp3) is 0.222. The Labute approximate surface area is 148 Å². The van der Waals surface area contributed by atoms with E-state index in [0.717, 1.165) is 0 Å². The Morgan fingerprint density at radius 3 is 1.28 bits per heavy atom. The van der Waals surface area contributed by atoms with Gasteiger partial charge < -0.3 is 19.1 Å². The molecule has 25 heavy (non-hydrogen) atoms. The van der Waals surface area contributed by atoms with Gasteiger partial charge in [0.2, 0.25) is 0 Å². The number of benzene rings is 2. The van der Waals surface area contributed by atoms with Crippen LogP contribution in [0, 0.1) is 0 Å². The van der Waals surface area contributed by atoms with E-state index in [1.165, 1.54) is 17.5 Å². The number of carbonyl (C=O) groups is 2. The van der Waals surface area contributed by atoms with Gasteiger partial charge in [0.1, 0.15) is 11.5 Å². The van der Waals surface area contributed by atoms with Crippen LogP contribution in [0.3, 0.4) is 0 Å². The Balaban J connectivity index is 1.86.